The van der Waals surface area contributed by atoms with E-state index < -0.39 is 26.9 Å². The lowest BCUT2D eigenvalue weighted by Crippen LogP contribution is -2.55. The van der Waals surface area contributed by atoms with Gasteiger partial charge in [-0.3, -0.25) is 4.72 Å². The minimum atomic E-state index is -3.87. The SMILES string of the molecule is CC.COc1ccc(NS(=O)(=O)c2ccc3c(c2)[C@@]2(N)C=CC[C@@]2(C)C(c2ccc(C(=O)O)cc2)N3)cc1. The predicted octanol–water partition coefficient (Wildman–Crippen LogP) is 5.51. The number of anilines is 2. The molecule has 1 aliphatic heterocycles. The van der Waals surface area contributed by atoms with Crippen LogP contribution in [0.25, 0.3) is 0 Å². The first-order valence-electron chi connectivity index (χ1n) is 12.5. The quantitative estimate of drug-likeness (QED) is 0.306. The highest BCUT2D eigenvalue weighted by Gasteiger charge is 2.56. The molecule has 0 saturated carbocycles. The minimum Gasteiger partial charge on any atom is -0.497 e. The summed E-state index contributed by atoms with van der Waals surface area (Å²) in [6.07, 6.45) is 4.63. The van der Waals surface area contributed by atoms with Crippen LogP contribution in [-0.4, -0.2) is 26.6 Å². The number of hydrogen-bond donors (Lipinski definition) is 4. The fourth-order valence-corrected chi connectivity index (χ4v) is 6.30. The highest BCUT2D eigenvalue weighted by Crippen LogP contribution is 2.59. The van der Waals surface area contributed by atoms with Gasteiger partial charge >= 0.3 is 5.97 Å². The van der Waals surface area contributed by atoms with Crippen molar-refractivity contribution in [3.05, 3.63) is 95.6 Å². The Balaban J connectivity index is 0.00000164. The number of carboxylic acids is 1. The van der Waals surface area contributed by atoms with E-state index in [2.05, 4.69) is 17.0 Å². The number of ether oxygens (including phenoxy) is 1. The summed E-state index contributed by atoms with van der Waals surface area (Å²) in [5.74, 6) is -0.357. The van der Waals surface area contributed by atoms with Gasteiger partial charge in [-0.15, -0.1) is 0 Å². The van der Waals surface area contributed by atoms with E-state index >= 15 is 0 Å². The van der Waals surface area contributed by atoms with Gasteiger partial charge in [0.1, 0.15) is 5.75 Å². The number of rotatable bonds is 6. The van der Waals surface area contributed by atoms with Gasteiger partial charge in [-0.25, -0.2) is 13.2 Å². The Morgan fingerprint density at radius 1 is 1.08 bits per heavy atom. The molecule has 1 heterocycles. The van der Waals surface area contributed by atoms with Gasteiger partial charge in [0.25, 0.3) is 10.0 Å². The molecule has 1 aliphatic carbocycles. The Labute approximate surface area is 223 Å². The van der Waals surface area contributed by atoms with Crippen LogP contribution in [0.15, 0.2) is 83.8 Å². The van der Waals surface area contributed by atoms with E-state index in [4.69, 9.17) is 10.5 Å². The van der Waals surface area contributed by atoms with E-state index in [9.17, 15) is 18.3 Å². The first kappa shape index (κ1) is 27.2. The van der Waals surface area contributed by atoms with Gasteiger partial charge in [0.05, 0.1) is 29.1 Å². The molecule has 0 bridgehead atoms. The molecule has 3 atom stereocenters. The maximum Gasteiger partial charge on any atom is 0.335 e. The van der Waals surface area contributed by atoms with E-state index in [0.29, 0.717) is 23.4 Å². The molecule has 3 aromatic rings. The number of carboxylic acid groups (broad SMARTS) is 1. The number of hydrogen-bond acceptors (Lipinski definition) is 6. The van der Waals surface area contributed by atoms with Crippen molar-refractivity contribution >= 4 is 27.4 Å². The summed E-state index contributed by atoms with van der Waals surface area (Å²) in [6, 6.07) is 18.1. The van der Waals surface area contributed by atoms with Crippen molar-refractivity contribution in [3.63, 3.8) is 0 Å². The van der Waals surface area contributed by atoms with Gasteiger partial charge in [-0.1, -0.05) is 45.1 Å². The Morgan fingerprint density at radius 2 is 1.74 bits per heavy atom. The molecule has 5 rings (SSSR count). The van der Waals surface area contributed by atoms with Crippen molar-refractivity contribution in [1.82, 2.24) is 0 Å². The summed E-state index contributed by atoms with van der Waals surface area (Å²) >= 11 is 0. The normalized spacial score (nSPS) is 23.2. The summed E-state index contributed by atoms with van der Waals surface area (Å²) in [5.41, 5.74) is 8.57. The molecule has 0 saturated heterocycles. The molecule has 2 aliphatic rings. The summed E-state index contributed by atoms with van der Waals surface area (Å²) < 4.78 is 34.2. The summed E-state index contributed by atoms with van der Waals surface area (Å²) in [6.45, 7) is 6.06. The molecule has 0 fully saturated rings. The second kappa shape index (κ2) is 10.2. The molecule has 3 aromatic carbocycles. The first-order chi connectivity index (χ1) is 18.1. The lowest BCUT2D eigenvalue weighted by Gasteiger charge is -2.51. The van der Waals surface area contributed by atoms with Crippen molar-refractivity contribution in [2.45, 2.75) is 43.7 Å². The van der Waals surface area contributed by atoms with Gasteiger partial charge in [0.2, 0.25) is 0 Å². The number of nitrogens with one attached hydrogen (secondary N) is 2. The Kier molecular flexibility index (Phi) is 7.27. The molecule has 0 aromatic heterocycles. The third kappa shape index (κ3) is 4.52. The fraction of sp³-hybridized carbons (Fsp3) is 0.276. The van der Waals surface area contributed by atoms with Crippen LogP contribution in [0.3, 0.4) is 0 Å². The van der Waals surface area contributed by atoms with E-state index in [1.165, 1.54) is 0 Å². The van der Waals surface area contributed by atoms with Crippen LogP contribution < -0.4 is 20.5 Å². The number of carbonyl (C=O) groups is 1. The van der Waals surface area contributed by atoms with Crippen LogP contribution in [0, 0.1) is 5.41 Å². The summed E-state index contributed by atoms with van der Waals surface area (Å²) in [4.78, 5) is 11.4. The first-order valence-corrected chi connectivity index (χ1v) is 13.9. The van der Waals surface area contributed by atoms with Gasteiger partial charge in [0.15, 0.2) is 0 Å². The highest BCUT2D eigenvalue weighted by molar-refractivity contribution is 7.92. The molecule has 38 heavy (non-hydrogen) atoms. The van der Waals surface area contributed by atoms with Gasteiger partial charge in [-0.2, -0.15) is 0 Å². The third-order valence-corrected chi connectivity index (χ3v) is 8.76. The maximum absolute atomic E-state index is 13.2. The standard InChI is InChI=1S/C27H27N3O5S.C2H6/c1-26-14-3-15-27(26,28)22-16-21(36(33,34)30-19-8-10-20(35-2)11-9-19)12-13-23(22)29-24(26)17-4-6-18(7-5-17)25(31)32;1-2/h3-13,15-16,24,29-30H,14,28H2,1-2H3,(H,31,32);1-2H3/t24?,26-,27-;/m0./s1. The predicted molar refractivity (Wildman–Crippen MR) is 149 cm³/mol. The molecular weight excluding hydrogens is 502 g/mol. The molecule has 5 N–H and O–H groups in total. The third-order valence-electron chi connectivity index (χ3n) is 7.38. The van der Waals surface area contributed by atoms with Gasteiger partial charge in [0, 0.05) is 22.4 Å². The lowest BCUT2D eigenvalue weighted by molar-refractivity contribution is 0.0696. The van der Waals surface area contributed by atoms with Crippen molar-refractivity contribution < 1.29 is 23.1 Å². The largest absolute Gasteiger partial charge is 0.497 e. The number of nitrogens with two attached hydrogens (primary N) is 1. The number of allylic oxidation sites excluding steroid dienone is 1. The number of fused-ring (bicyclic) bond motifs is 3. The number of sulfonamides is 1. The average molecular weight is 536 g/mol. The minimum absolute atomic E-state index is 0.107. The molecule has 8 nitrogen and oxygen atoms in total. The molecular formula is C29H33N3O5S. The van der Waals surface area contributed by atoms with Crippen molar-refractivity contribution in [2.24, 2.45) is 11.1 Å². The van der Waals surface area contributed by atoms with E-state index in [1.807, 2.05) is 26.0 Å². The molecule has 0 amide bonds. The Hall–Kier alpha value is -3.82. The Bertz CT molecular complexity index is 1470. The summed E-state index contributed by atoms with van der Waals surface area (Å²) in [5, 5.41) is 12.8. The van der Waals surface area contributed by atoms with E-state index in [-0.39, 0.29) is 16.5 Å². The maximum atomic E-state index is 13.2. The van der Waals surface area contributed by atoms with Gasteiger partial charge in [-0.05, 0) is 66.6 Å². The van der Waals surface area contributed by atoms with Crippen LogP contribution in [0.5, 0.6) is 5.75 Å². The van der Waals surface area contributed by atoms with Crippen LogP contribution in [0.1, 0.15) is 54.7 Å². The second-order valence-corrected chi connectivity index (χ2v) is 11.1. The van der Waals surface area contributed by atoms with Crippen molar-refractivity contribution in [2.75, 3.05) is 17.1 Å². The fourth-order valence-electron chi connectivity index (χ4n) is 5.22. The van der Waals surface area contributed by atoms with E-state index in [0.717, 1.165) is 11.3 Å². The molecule has 0 radical (unpaired) electrons. The van der Waals surface area contributed by atoms with Crippen LogP contribution >= 0.6 is 0 Å². The zero-order valence-electron chi connectivity index (χ0n) is 21.9. The van der Waals surface area contributed by atoms with Crippen LogP contribution in [0.2, 0.25) is 0 Å². The number of methoxy groups -OCH3 is 1. The smallest absolute Gasteiger partial charge is 0.335 e. The van der Waals surface area contributed by atoms with Crippen molar-refractivity contribution in [1.29, 1.82) is 0 Å². The zero-order chi connectivity index (χ0) is 27.7. The highest BCUT2D eigenvalue weighted by atomic mass is 32.2. The Morgan fingerprint density at radius 3 is 2.34 bits per heavy atom. The van der Waals surface area contributed by atoms with Crippen molar-refractivity contribution in [3.8, 4) is 5.75 Å². The summed E-state index contributed by atoms with van der Waals surface area (Å²) in [7, 11) is -2.33. The van der Waals surface area contributed by atoms with E-state index in [1.54, 1.807) is 73.8 Å². The van der Waals surface area contributed by atoms with Gasteiger partial charge < -0.3 is 20.9 Å². The van der Waals surface area contributed by atoms with Crippen LogP contribution in [-0.2, 0) is 15.6 Å². The molecule has 0 spiro atoms. The number of benzene rings is 3. The molecule has 9 heteroatoms. The van der Waals surface area contributed by atoms with Crippen LogP contribution in [0.4, 0.5) is 11.4 Å². The monoisotopic (exact) mass is 535 g/mol. The second-order valence-electron chi connectivity index (χ2n) is 9.44. The zero-order valence-corrected chi connectivity index (χ0v) is 22.7. The topological polar surface area (TPSA) is 131 Å². The molecule has 1 unspecified atom stereocenters. The molecule has 200 valence electrons. The number of aromatic carboxylic acids is 1. The average Bonchev–Trinajstić information content (AvgIpc) is 3.25. The lowest BCUT2D eigenvalue weighted by atomic mass is 9.61.